The number of hydrogen-bond donors (Lipinski definition) is 0. The molecule has 2 heterocycles. The Hall–Kier alpha value is -1.32. The van der Waals surface area contributed by atoms with Crippen molar-refractivity contribution in [3.8, 4) is 0 Å². The molecule has 3 heteroatoms. The summed E-state index contributed by atoms with van der Waals surface area (Å²) in [7, 11) is 1.80. The zero-order valence-corrected chi connectivity index (χ0v) is 12.5. The molecule has 1 aromatic carbocycles. The van der Waals surface area contributed by atoms with Gasteiger partial charge in [-0.15, -0.1) is 0 Å². The van der Waals surface area contributed by atoms with Gasteiger partial charge < -0.3 is 9.30 Å². The van der Waals surface area contributed by atoms with Crippen LogP contribution < -0.4 is 0 Å². The van der Waals surface area contributed by atoms with E-state index in [9.17, 15) is 0 Å². The maximum absolute atomic E-state index is 5.34. The van der Waals surface area contributed by atoms with Crippen molar-refractivity contribution in [2.24, 2.45) is 0 Å². The van der Waals surface area contributed by atoms with Crippen molar-refractivity contribution in [3.05, 3.63) is 36.0 Å². The van der Waals surface area contributed by atoms with E-state index in [0.29, 0.717) is 6.04 Å². The van der Waals surface area contributed by atoms with E-state index in [0.717, 1.165) is 19.7 Å². The first kappa shape index (κ1) is 13.7. The van der Waals surface area contributed by atoms with Crippen molar-refractivity contribution in [3.63, 3.8) is 0 Å². The van der Waals surface area contributed by atoms with Crippen LogP contribution in [-0.2, 0) is 17.8 Å². The van der Waals surface area contributed by atoms with Crippen LogP contribution in [0.1, 0.15) is 25.3 Å². The number of hydrogen-bond acceptors (Lipinski definition) is 2. The van der Waals surface area contributed by atoms with E-state index < -0.39 is 0 Å². The Morgan fingerprint density at radius 3 is 3.00 bits per heavy atom. The van der Waals surface area contributed by atoms with Crippen molar-refractivity contribution < 1.29 is 4.74 Å². The van der Waals surface area contributed by atoms with Crippen LogP contribution in [0.3, 0.4) is 0 Å². The van der Waals surface area contributed by atoms with E-state index in [1.54, 1.807) is 7.11 Å². The van der Waals surface area contributed by atoms with Crippen LogP contribution in [0.5, 0.6) is 0 Å². The minimum Gasteiger partial charge on any atom is -0.383 e. The van der Waals surface area contributed by atoms with E-state index in [4.69, 9.17) is 4.74 Å². The summed E-state index contributed by atoms with van der Waals surface area (Å²) in [5.41, 5.74) is 2.77. The van der Waals surface area contributed by atoms with Gasteiger partial charge in [-0.05, 0) is 49.4 Å². The summed E-state index contributed by atoms with van der Waals surface area (Å²) in [6.07, 6.45) is 4.74. The third kappa shape index (κ3) is 2.60. The summed E-state index contributed by atoms with van der Waals surface area (Å²) in [6.45, 7) is 6.32. The predicted molar refractivity (Wildman–Crippen MR) is 82.9 cm³/mol. The molecule has 3 nitrogen and oxygen atoms in total. The Balaban J connectivity index is 1.80. The molecule has 1 aromatic heterocycles. The fraction of sp³-hybridized carbons (Fsp3) is 0.529. The number of ether oxygens (including phenoxy) is 1. The summed E-state index contributed by atoms with van der Waals surface area (Å²) in [5.74, 6) is 0. The van der Waals surface area contributed by atoms with Crippen molar-refractivity contribution in [2.75, 3.05) is 20.3 Å². The van der Waals surface area contributed by atoms with Gasteiger partial charge in [-0.1, -0.05) is 12.1 Å². The molecule has 0 spiro atoms. The zero-order valence-electron chi connectivity index (χ0n) is 12.5. The molecule has 0 amide bonds. The first-order valence-corrected chi connectivity index (χ1v) is 7.62. The molecule has 0 radical (unpaired) electrons. The average Bonchev–Trinajstić information content (AvgIpc) is 3.06. The maximum Gasteiger partial charge on any atom is 0.0618 e. The monoisotopic (exact) mass is 272 g/mol. The fourth-order valence-corrected chi connectivity index (χ4v) is 3.32. The van der Waals surface area contributed by atoms with Crippen molar-refractivity contribution >= 4 is 10.9 Å². The minimum atomic E-state index is 0.591. The largest absolute Gasteiger partial charge is 0.383 e. The van der Waals surface area contributed by atoms with Gasteiger partial charge in [0.15, 0.2) is 0 Å². The van der Waals surface area contributed by atoms with Crippen LogP contribution in [0.2, 0.25) is 0 Å². The van der Waals surface area contributed by atoms with E-state index in [1.807, 2.05) is 0 Å². The van der Waals surface area contributed by atoms with E-state index in [2.05, 4.69) is 46.9 Å². The second-order valence-corrected chi connectivity index (χ2v) is 5.72. The van der Waals surface area contributed by atoms with Gasteiger partial charge in [-0.25, -0.2) is 0 Å². The molecule has 0 bridgehead atoms. The van der Waals surface area contributed by atoms with Crippen LogP contribution in [0.4, 0.5) is 0 Å². The van der Waals surface area contributed by atoms with Crippen LogP contribution in [0.15, 0.2) is 30.5 Å². The Labute approximate surface area is 121 Å². The number of rotatable bonds is 5. The van der Waals surface area contributed by atoms with Crippen molar-refractivity contribution in [2.45, 2.75) is 38.9 Å². The van der Waals surface area contributed by atoms with Crippen LogP contribution in [-0.4, -0.2) is 35.8 Å². The molecule has 1 atom stereocenters. The lowest BCUT2D eigenvalue weighted by Gasteiger charge is -2.23. The Morgan fingerprint density at radius 2 is 2.20 bits per heavy atom. The van der Waals surface area contributed by atoms with E-state index in [-0.39, 0.29) is 0 Å². The molecule has 0 saturated carbocycles. The topological polar surface area (TPSA) is 17.4 Å². The second-order valence-electron chi connectivity index (χ2n) is 5.72. The molecule has 1 saturated heterocycles. The summed E-state index contributed by atoms with van der Waals surface area (Å²) < 4.78 is 7.66. The molecule has 1 aliphatic heterocycles. The Kier molecular flexibility index (Phi) is 4.08. The molecular weight excluding hydrogens is 248 g/mol. The highest BCUT2D eigenvalue weighted by atomic mass is 16.5. The number of fused-ring (bicyclic) bond motifs is 1. The lowest BCUT2D eigenvalue weighted by molar-refractivity contribution is 0.112. The normalized spacial score (nSPS) is 20.0. The van der Waals surface area contributed by atoms with Gasteiger partial charge in [0, 0.05) is 38.0 Å². The SMILES string of the molecule is CCn1ccc2ccc(CN3CCC[C@H]3COC)cc21. The molecule has 0 unspecified atom stereocenters. The third-order valence-electron chi connectivity index (χ3n) is 4.42. The summed E-state index contributed by atoms with van der Waals surface area (Å²) >= 11 is 0. The smallest absolute Gasteiger partial charge is 0.0618 e. The molecule has 108 valence electrons. The molecule has 1 fully saturated rings. The third-order valence-corrected chi connectivity index (χ3v) is 4.42. The lowest BCUT2D eigenvalue weighted by Crippen LogP contribution is -2.32. The number of nitrogens with zero attached hydrogens (tertiary/aromatic N) is 2. The van der Waals surface area contributed by atoms with Crippen LogP contribution in [0, 0.1) is 0 Å². The number of methoxy groups -OCH3 is 1. The fourth-order valence-electron chi connectivity index (χ4n) is 3.32. The molecule has 0 aliphatic carbocycles. The van der Waals surface area contributed by atoms with Gasteiger partial charge in [0.2, 0.25) is 0 Å². The highest BCUT2D eigenvalue weighted by Gasteiger charge is 2.24. The summed E-state index contributed by atoms with van der Waals surface area (Å²) in [5, 5.41) is 1.34. The standard InChI is InChI=1S/C17H24N2O/c1-3-18-10-8-15-7-6-14(11-17(15)18)12-19-9-4-5-16(19)13-20-2/h6-8,10-11,16H,3-5,9,12-13H2,1-2H3/t16-/m0/s1. The van der Waals surface area contributed by atoms with Gasteiger partial charge >= 0.3 is 0 Å². The molecule has 0 N–H and O–H groups in total. The van der Waals surface area contributed by atoms with Crippen molar-refractivity contribution in [1.82, 2.24) is 9.47 Å². The second kappa shape index (κ2) is 5.98. The average molecular weight is 272 g/mol. The summed E-state index contributed by atoms with van der Waals surface area (Å²) in [6, 6.07) is 9.66. The van der Waals surface area contributed by atoms with Gasteiger partial charge in [-0.2, -0.15) is 0 Å². The molecule has 1 aliphatic rings. The predicted octanol–water partition coefficient (Wildman–Crippen LogP) is 3.27. The Morgan fingerprint density at radius 1 is 1.30 bits per heavy atom. The quantitative estimate of drug-likeness (QED) is 0.831. The highest BCUT2D eigenvalue weighted by molar-refractivity contribution is 5.80. The first-order valence-electron chi connectivity index (χ1n) is 7.62. The van der Waals surface area contributed by atoms with E-state index >= 15 is 0 Å². The van der Waals surface area contributed by atoms with E-state index in [1.165, 1.54) is 35.9 Å². The zero-order chi connectivity index (χ0) is 13.9. The molecular formula is C17H24N2O. The highest BCUT2D eigenvalue weighted by Crippen LogP contribution is 2.23. The number of benzene rings is 1. The Bertz CT molecular complexity index is 575. The first-order chi connectivity index (χ1) is 9.81. The number of likely N-dealkylation sites (tertiary alicyclic amines) is 1. The summed E-state index contributed by atoms with van der Waals surface area (Å²) in [4.78, 5) is 2.56. The van der Waals surface area contributed by atoms with Crippen LogP contribution in [0.25, 0.3) is 10.9 Å². The molecule has 20 heavy (non-hydrogen) atoms. The van der Waals surface area contributed by atoms with Gasteiger partial charge in [0.25, 0.3) is 0 Å². The minimum absolute atomic E-state index is 0.591. The van der Waals surface area contributed by atoms with Gasteiger partial charge in [0.05, 0.1) is 6.61 Å². The molecule has 3 rings (SSSR count). The van der Waals surface area contributed by atoms with Gasteiger partial charge in [0.1, 0.15) is 0 Å². The molecule has 2 aromatic rings. The lowest BCUT2D eigenvalue weighted by atomic mass is 10.1. The maximum atomic E-state index is 5.34. The number of aromatic nitrogens is 1. The van der Waals surface area contributed by atoms with Crippen LogP contribution >= 0.6 is 0 Å². The van der Waals surface area contributed by atoms with Crippen molar-refractivity contribution in [1.29, 1.82) is 0 Å². The number of aryl methyl sites for hydroxylation is 1. The van der Waals surface area contributed by atoms with Gasteiger partial charge in [-0.3, -0.25) is 4.90 Å².